The van der Waals surface area contributed by atoms with E-state index in [0.717, 1.165) is 12.1 Å². The Labute approximate surface area is 154 Å². The molecule has 1 amide bonds. The van der Waals surface area contributed by atoms with E-state index >= 15 is 0 Å². The Morgan fingerprint density at radius 3 is 2.33 bits per heavy atom. The first-order valence-electron chi connectivity index (χ1n) is 8.13. The summed E-state index contributed by atoms with van der Waals surface area (Å²) < 4.78 is 38.7. The van der Waals surface area contributed by atoms with Gasteiger partial charge in [-0.25, -0.2) is 0 Å². The molecule has 0 aliphatic heterocycles. The predicted molar refractivity (Wildman–Crippen MR) is 94.6 cm³/mol. The maximum Gasteiger partial charge on any atom is 0.416 e. The number of aryl methyl sites for hydroxylation is 1. The molecule has 0 atom stereocenters. The molecule has 0 aliphatic rings. The SMILES string of the molecule is Cc1ccc([N+](=O)[O-])cc1C(=O)NCC(C)(C)c1cccc(C(F)(F)F)c1. The number of amides is 1. The van der Waals surface area contributed by atoms with Crippen molar-refractivity contribution in [3.8, 4) is 0 Å². The fourth-order valence-corrected chi connectivity index (χ4v) is 2.58. The Balaban J connectivity index is 2.19. The highest BCUT2D eigenvalue weighted by molar-refractivity contribution is 5.96. The highest BCUT2D eigenvalue weighted by Gasteiger charge is 2.32. The molecular weight excluding hydrogens is 361 g/mol. The summed E-state index contributed by atoms with van der Waals surface area (Å²) in [5.74, 6) is -0.517. The van der Waals surface area contributed by atoms with Crippen LogP contribution in [0.3, 0.4) is 0 Å². The van der Waals surface area contributed by atoms with Crippen LogP contribution < -0.4 is 5.32 Å². The van der Waals surface area contributed by atoms with E-state index in [2.05, 4.69) is 5.32 Å². The molecule has 8 heteroatoms. The van der Waals surface area contributed by atoms with Crippen LogP contribution >= 0.6 is 0 Å². The predicted octanol–water partition coefficient (Wildman–Crippen LogP) is 4.63. The average molecular weight is 380 g/mol. The van der Waals surface area contributed by atoms with Gasteiger partial charge in [0.2, 0.25) is 0 Å². The fraction of sp³-hybridized carbons (Fsp3) is 0.316. The first-order chi connectivity index (χ1) is 12.4. The Morgan fingerprint density at radius 1 is 1.11 bits per heavy atom. The summed E-state index contributed by atoms with van der Waals surface area (Å²) in [5, 5.41) is 13.5. The second-order valence-electron chi connectivity index (χ2n) is 6.90. The number of non-ortho nitro benzene ring substituents is 1. The van der Waals surface area contributed by atoms with E-state index in [0.29, 0.717) is 11.1 Å². The molecular formula is C19H19F3N2O3. The van der Waals surface area contributed by atoms with E-state index in [1.54, 1.807) is 26.8 Å². The van der Waals surface area contributed by atoms with Gasteiger partial charge in [0.1, 0.15) is 0 Å². The monoisotopic (exact) mass is 380 g/mol. The zero-order valence-corrected chi connectivity index (χ0v) is 15.1. The number of nitrogens with one attached hydrogen (secondary N) is 1. The first-order valence-corrected chi connectivity index (χ1v) is 8.13. The van der Waals surface area contributed by atoms with Crippen molar-refractivity contribution in [1.82, 2.24) is 5.32 Å². The van der Waals surface area contributed by atoms with E-state index < -0.39 is 28.0 Å². The van der Waals surface area contributed by atoms with Gasteiger partial charge in [-0.05, 0) is 24.1 Å². The number of carbonyl (C=O) groups excluding carboxylic acids is 1. The molecule has 144 valence electrons. The maximum atomic E-state index is 12.9. The Morgan fingerprint density at radius 2 is 1.74 bits per heavy atom. The molecule has 0 unspecified atom stereocenters. The third-order valence-corrected chi connectivity index (χ3v) is 4.34. The summed E-state index contributed by atoms with van der Waals surface area (Å²) in [4.78, 5) is 22.7. The highest BCUT2D eigenvalue weighted by atomic mass is 19.4. The summed E-state index contributed by atoms with van der Waals surface area (Å²) >= 11 is 0. The van der Waals surface area contributed by atoms with Gasteiger partial charge in [-0.3, -0.25) is 14.9 Å². The smallest absolute Gasteiger partial charge is 0.351 e. The minimum absolute atomic E-state index is 0.0648. The third-order valence-electron chi connectivity index (χ3n) is 4.34. The van der Waals surface area contributed by atoms with Crippen LogP contribution in [0.4, 0.5) is 18.9 Å². The zero-order valence-electron chi connectivity index (χ0n) is 15.1. The minimum atomic E-state index is -4.45. The van der Waals surface area contributed by atoms with Crippen molar-refractivity contribution in [2.75, 3.05) is 6.54 Å². The molecule has 0 spiro atoms. The van der Waals surface area contributed by atoms with Crippen molar-refractivity contribution in [2.45, 2.75) is 32.4 Å². The van der Waals surface area contributed by atoms with Crippen LogP contribution in [0.5, 0.6) is 0 Å². The van der Waals surface area contributed by atoms with Crippen LogP contribution in [-0.2, 0) is 11.6 Å². The number of hydrogen-bond donors (Lipinski definition) is 1. The Hall–Kier alpha value is -2.90. The number of nitro benzene ring substituents is 1. The van der Waals surface area contributed by atoms with E-state index in [-0.39, 0.29) is 17.8 Å². The van der Waals surface area contributed by atoms with Crippen LogP contribution in [-0.4, -0.2) is 17.4 Å². The maximum absolute atomic E-state index is 12.9. The molecule has 1 N–H and O–H groups in total. The largest absolute Gasteiger partial charge is 0.416 e. The van der Waals surface area contributed by atoms with Gasteiger partial charge in [-0.1, -0.05) is 38.1 Å². The van der Waals surface area contributed by atoms with Gasteiger partial charge in [0, 0.05) is 29.7 Å². The first kappa shape index (κ1) is 20.4. The van der Waals surface area contributed by atoms with Crippen LogP contribution in [0.15, 0.2) is 42.5 Å². The molecule has 0 aliphatic carbocycles. The standard InChI is InChI=1S/C19H19F3N2O3/c1-12-7-8-15(24(26)27)10-16(12)17(25)23-11-18(2,3)13-5-4-6-14(9-13)19(20,21)22/h4-10H,11H2,1-3H3,(H,23,25). The van der Waals surface area contributed by atoms with Crippen molar-refractivity contribution >= 4 is 11.6 Å². The summed E-state index contributed by atoms with van der Waals surface area (Å²) in [6, 6.07) is 8.91. The number of halogens is 3. The van der Waals surface area contributed by atoms with Crippen molar-refractivity contribution in [3.63, 3.8) is 0 Å². The summed E-state index contributed by atoms with van der Waals surface area (Å²) in [5.41, 5.74) is -0.588. The van der Waals surface area contributed by atoms with Crippen molar-refractivity contribution < 1.29 is 22.9 Å². The molecule has 0 radical (unpaired) electrons. The summed E-state index contributed by atoms with van der Waals surface area (Å²) in [7, 11) is 0. The number of carbonyl (C=O) groups is 1. The lowest BCUT2D eigenvalue weighted by Crippen LogP contribution is -2.37. The summed E-state index contributed by atoms with van der Waals surface area (Å²) in [6.07, 6.45) is -4.45. The molecule has 2 rings (SSSR count). The van der Waals surface area contributed by atoms with E-state index in [9.17, 15) is 28.1 Å². The quantitative estimate of drug-likeness (QED) is 0.607. The topological polar surface area (TPSA) is 72.2 Å². The van der Waals surface area contributed by atoms with Gasteiger partial charge >= 0.3 is 6.18 Å². The van der Waals surface area contributed by atoms with Crippen LogP contribution in [0, 0.1) is 17.0 Å². The fourth-order valence-electron chi connectivity index (χ4n) is 2.58. The number of benzene rings is 2. The van der Waals surface area contributed by atoms with Crippen molar-refractivity contribution in [3.05, 3.63) is 74.8 Å². The van der Waals surface area contributed by atoms with Crippen molar-refractivity contribution in [2.24, 2.45) is 0 Å². The molecule has 0 bridgehead atoms. The molecule has 2 aromatic carbocycles. The molecule has 27 heavy (non-hydrogen) atoms. The minimum Gasteiger partial charge on any atom is -0.351 e. The van der Waals surface area contributed by atoms with Gasteiger partial charge in [0.05, 0.1) is 10.5 Å². The lowest BCUT2D eigenvalue weighted by atomic mass is 9.83. The molecule has 2 aromatic rings. The van der Waals surface area contributed by atoms with Crippen molar-refractivity contribution in [1.29, 1.82) is 0 Å². The normalized spacial score (nSPS) is 11.9. The number of rotatable bonds is 5. The van der Waals surface area contributed by atoms with Crippen LogP contribution in [0.2, 0.25) is 0 Å². The van der Waals surface area contributed by atoms with Crippen LogP contribution in [0.1, 0.15) is 40.9 Å². The van der Waals surface area contributed by atoms with Gasteiger partial charge in [0.25, 0.3) is 11.6 Å². The van der Waals surface area contributed by atoms with E-state index in [1.807, 2.05) is 0 Å². The Bertz CT molecular complexity index is 877. The van der Waals surface area contributed by atoms with Gasteiger partial charge in [0.15, 0.2) is 0 Å². The zero-order chi connectivity index (χ0) is 20.4. The second-order valence-corrected chi connectivity index (χ2v) is 6.90. The molecule has 0 heterocycles. The summed E-state index contributed by atoms with van der Waals surface area (Å²) in [6.45, 7) is 5.14. The van der Waals surface area contributed by atoms with Crippen LogP contribution in [0.25, 0.3) is 0 Å². The molecule has 0 aromatic heterocycles. The third kappa shape index (κ3) is 4.84. The van der Waals surface area contributed by atoms with Gasteiger partial charge in [-0.2, -0.15) is 13.2 Å². The van der Waals surface area contributed by atoms with Gasteiger partial charge < -0.3 is 5.32 Å². The molecule has 0 saturated heterocycles. The molecule has 0 fully saturated rings. The number of nitro groups is 1. The lowest BCUT2D eigenvalue weighted by molar-refractivity contribution is -0.384. The average Bonchev–Trinajstić information content (AvgIpc) is 2.59. The highest BCUT2D eigenvalue weighted by Crippen LogP contribution is 2.32. The van der Waals surface area contributed by atoms with E-state index in [1.165, 1.54) is 24.3 Å². The molecule has 0 saturated carbocycles. The second kappa shape index (κ2) is 7.38. The lowest BCUT2D eigenvalue weighted by Gasteiger charge is -2.26. The number of nitrogens with zero attached hydrogens (tertiary/aromatic N) is 1. The molecule has 5 nitrogen and oxygen atoms in total. The Kier molecular flexibility index (Phi) is 5.58. The number of alkyl halides is 3. The van der Waals surface area contributed by atoms with E-state index in [4.69, 9.17) is 0 Å². The van der Waals surface area contributed by atoms with Gasteiger partial charge in [-0.15, -0.1) is 0 Å². The number of hydrogen-bond acceptors (Lipinski definition) is 3.